The first kappa shape index (κ1) is 9.89. The molecule has 0 aromatic rings. The summed E-state index contributed by atoms with van der Waals surface area (Å²) in [5.74, 6) is -0.790. The number of nitrogens with zero attached hydrogens (tertiary/aromatic N) is 1. The van der Waals surface area contributed by atoms with Gasteiger partial charge in [0.2, 0.25) is 0 Å². The van der Waals surface area contributed by atoms with Crippen LogP contribution in [0.1, 0.15) is 6.42 Å². The van der Waals surface area contributed by atoms with Gasteiger partial charge < -0.3 is 14.6 Å². The molecule has 0 saturated carbocycles. The van der Waals surface area contributed by atoms with Crippen LogP contribution in [0.2, 0.25) is 0 Å². The number of hydrogen-bond donors (Lipinski definition) is 1. The predicted octanol–water partition coefficient (Wildman–Crippen LogP) is -0.439. The number of aliphatic carboxylic acids is 1. The molecule has 1 N–H and O–H groups in total. The van der Waals surface area contributed by atoms with Crippen molar-refractivity contribution in [2.45, 2.75) is 18.6 Å². The molecule has 2 saturated heterocycles. The molecule has 0 radical (unpaired) electrons. The minimum Gasteiger partial charge on any atom is -0.481 e. The molecule has 5 nitrogen and oxygen atoms in total. The van der Waals surface area contributed by atoms with Crippen LogP contribution in [0.3, 0.4) is 0 Å². The van der Waals surface area contributed by atoms with E-state index in [1.54, 1.807) is 0 Å². The quantitative estimate of drug-likeness (QED) is 0.671. The number of ether oxygens (including phenoxy) is 2. The van der Waals surface area contributed by atoms with Gasteiger partial charge in [0.15, 0.2) is 0 Å². The van der Waals surface area contributed by atoms with Gasteiger partial charge in [0.1, 0.15) is 0 Å². The summed E-state index contributed by atoms with van der Waals surface area (Å²) in [5, 5.41) is 8.64. The highest BCUT2D eigenvalue weighted by molar-refractivity contribution is 5.67. The molecule has 0 spiro atoms. The van der Waals surface area contributed by atoms with Crippen molar-refractivity contribution in [2.75, 3.05) is 32.9 Å². The van der Waals surface area contributed by atoms with E-state index in [1.807, 2.05) is 0 Å². The summed E-state index contributed by atoms with van der Waals surface area (Å²) < 4.78 is 10.5. The molecule has 2 aliphatic rings. The fourth-order valence-corrected chi connectivity index (χ4v) is 1.83. The fourth-order valence-electron chi connectivity index (χ4n) is 1.83. The largest absolute Gasteiger partial charge is 0.481 e. The lowest BCUT2D eigenvalue weighted by Gasteiger charge is -2.41. The molecule has 2 fully saturated rings. The topological polar surface area (TPSA) is 59.0 Å². The Kier molecular flexibility index (Phi) is 3.00. The average Bonchev–Trinajstić information content (AvgIpc) is 1.99. The summed E-state index contributed by atoms with van der Waals surface area (Å²) in [4.78, 5) is 12.8. The van der Waals surface area contributed by atoms with Crippen LogP contribution in [0.15, 0.2) is 0 Å². The highest BCUT2D eigenvalue weighted by Crippen LogP contribution is 2.16. The Morgan fingerprint density at radius 3 is 2.86 bits per heavy atom. The Hall–Kier alpha value is -0.650. The van der Waals surface area contributed by atoms with Crippen LogP contribution in [0.4, 0.5) is 0 Å². The summed E-state index contributed by atoms with van der Waals surface area (Å²) in [6.07, 6.45) is -0.0498. The van der Waals surface area contributed by atoms with Crippen molar-refractivity contribution >= 4 is 5.97 Å². The highest BCUT2D eigenvalue weighted by Gasteiger charge is 2.31. The van der Waals surface area contributed by atoms with Gasteiger partial charge in [0.05, 0.1) is 38.4 Å². The summed E-state index contributed by atoms with van der Waals surface area (Å²) in [6.45, 7) is 3.80. The Bertz CT molecular complexity index is 217. The molecule has 2 aliphatic heterocycles. The van der Waals surface area contributed by atoms with Crippen LogP contribution < -0.4 is 0 Å². The van der Waals surface area contributed by atoms with E-state index in [0.717, 1.165) is 26.3 Å². The normalized spacial score (nSPS) is 29.9. The van der Waals surface area contributed by atoms with Crippen LogP contribution in [0, 0.1) is 0 Å². The summed E-state index contributed by atoms with van der Waals surface area (Å²) in [5.41, 5.74) is 0. The molecule has 14 heavy (non-hydrogen) atoms. The minimum absolute atomic E-state index is 0.101. The molecule has 2 rings (SSSR count). The van der Waals surface area contributed by atoms with E-state index in [9.17, 15) is 4.79 Å². The second-order valence-electron chi connectivity index (χ2n) is 3.78. The zero-order chi connectivity index (χ0) is 9.97. The van der Waals surface area contributed by atoms with Gasteiger partial charge in [0.25, 0.3) is 0 Å². The Morgan fingerprint density at radius 2 is 2.29 bits per heavy atom. The molecular weight excluding hydrogens is 186 g/mol. The van der Waals surface area contributed by atoms with Gasteiger partial charge in [-0.15, -0.1) is 0 Å². The van der Waals surface area contributed by atoms with Crippen LogP contribution in [0.5, 0.6) is 0 Å². The Labute approximate surface area is 82.6 Å². The van der Waals surface area contributed by atoms with Crippen LogP contribution in [-0.2, 0) is 14.3 Å². The number of rotatable bonds is 3. The lowest BCUT2D eigenvalue weighted by Crippen LogP contribution is -2.55. The van der Waals surface area contributed by atoms with E-state index in [-0.39, 0.29) is 12.5 Å². The van der Waals surface area contributed by atoms with Gasteiger partial charge >= 0.3 is 5.97 Å². The Morgan fingerprint density at radius 1 is 1.50 bits per heavy atom. The minimum atomic E-state index is -0.790. The van der Waals surface area contributed by atoms with E-state index in [2.05, 4.69) is 4.90 Å². The molecule has 0 bridgehead atoms. The number of carboxylic acids is 1. The molecule has 80 valence electrons. The zero-order valence-electron chi connectivity index (χ0n) is 8.02. The third-order valence-corrected chi connectivity index (χ3v) is 2.71. The monoisotopic (exact) mass is 201 g/mol. The maximum absolute atomic E-state index is 10.5. The van der Waals surface area contributed by atoms with Crippen LogP contribution in [0.25, 0.3) is 0 Å². The SMILES string of the molecule is O=C(O)CC1CN(C2COC2)CCO1. The third-order valence-electron chi connectivity index (χ3n) is 2.71. The number of hydrogen-bond acceptors (Lipinski definition) is 4. The van der Waals surface area contributed by atoms with Crippen molar-refractivity contribution in [3.05, 3.63) is 0 Å². The third kappa shape index (κ3) is 2.23. The molecule has 0 aromatic heterocycles. The summed E-state index contributed by atoms with van der Waals surface area (Å²) in [7, 11) is 0. The van der Waals surface area contributed by atoms with Crippen LogP contribution >= 0.6 is 0 Å². The second kappa shape index (κ2) is 4.25. The van der Waals surface area contributed by atoms with Gasteiger partial charge in [-0.25, -0.2) is 0 Å². The maximum atomic E-state index is 10.5. The molecule has 0 aliphatic carbocycles. The van der Waals surface area contributed by atoms with Gasteiger partial charge in [-0.2, -0.15) is 0 Å². The standard InChI is InChI=1S/C9H15NO4/c11-9(12)3-8-4-10(1-2-14-8)7-5-13-6-7/h7-8H,1-6H2,(H,11,12). The number of carboxylic acid groups (broad SMARTS) is 1. The second-order valence-corrected chi connectivity index (χ2v) is 3.78. The van der Waals surface area contributed by atoms with Crippen molar-refractivity contribution in [3.8, 4) is 0 Å². The van der Waals surface area contributed by atoms with E-state index < -0.39 is 5.97 Å². The van der Waals surface area contributed by atoms with Gasteiger partial charge in [-0.05, 0) is 0 Å². The molecular formula is C9H15NO4. The molecule has 5 heteroatoms. The number of carbonyl (C=O) groups is 1. The van der Waals surface area contributed by atoms with Gasteiger partial charge in [-0.1, -0.05) is 0 Å². The van der Waals surface area contributed by atoms with Crippen molar-refractivity contribution in [3.63, 3.8) is 0 Å². The first-order chi connectivity index (χ1) is 6.75. The van der Waals surface area contributed by atoms with E-state index in [1.165, 1.54) is 0 Å². The van der Waals surface area contributed by atoms with Crippen molar-refractivity contribution in [1.29, 1.82) is 0 Å². The van der Waals surface area contributed by atoms with Crippen LogP contribution in [-0.4, -0.2) is 61.0 Å². The predicted molar refractivity (Wildman–Crippen MR) is 48.2 cm³/mol. The first-order valence-corrected chi connectivity index (χ1v) is 4.91. The molecule has 1 atom stereocenters. The fraction of sp³-hybridized carbons (Fsp3) is 0.889. The van der Waals surface area contributed by atoms with Crippen molar-refractivity contribution < 1.29 is 19.4 Å². The van der Waals surface area contributed by atoms with Crippen molar-refractivity contribution in [2.24, 2.45) is 0 Å². The van der Waals surface area contributed by atoms with E-state index in [0.29, 0.717) is 12.6 Å². The molecule has 0 amide bonds. The summed E-state index contributed by atoms with van der Waals surface area (Å²) in [6, 6.07) is 0.482. The van der Waals surface area contributed by atoms with Gasteiger partial charge in [-0.3, -0.25) is 9.69 Å². The zero-order valence-corrected chi connectivity index (χ0v) is 8.02. The molecule has 1 unspecified atom stereocenters. The number of morpholine rings is 1. The van der Waals surface area contributed by atoms with E-state index >= 15 is 0 Å². The lowest BCUT2D eigenvalue weighted by atomic mass is 10.1. The first-order valence-electron chi connectivity index (χ1n) is 4.91. The van der Waals surface area contributed by atoms with Gasteiger partial charge in [0, 0.05) is 13.1 Å². The smallest absolute Gasteiger partial charge is 0.306 e. The highest BCUT2D eigenvalue weighted by atomic mass is 16.5. The Balaban J connectivity index is 1.80. The molecule has 0 aromatic carbocycles. The van der Waals surface area contributed by atoms with Crippen molar-refractivity contribution in [1.82, 2.24) is 4.90 Å². The molecule has 2 heterocycles. The maximum Gasteiger partial charge on any atom is 0.306 e. The summed E-state index contributed by atoms with van der Waals surface area (Å²) >= 11 is 0. The van der Waals surface area contributed by atoms with E-state index in [4.69, 9.17) is 14.6 Å². The lowest BCUT2D eigenvalue weighted by molar-refractivity contribution is -0.146. The average molecular weight is 201 g/mol.